The predicted octanol–water partition coefficient (Wildman–Crippen LogP) is 2.61. The molecule has 2 aromatic carbocycles. The summed E-state index contributed by atoms with van der Waals surface area (Å²) >= 11 is 0. The van der Waals surface area contributed by atoms with Gasteiger partial charge in [-0.25, -0.2) is 4.79 Å². The number of carboxylic acid groups (broad SMARTS) is 1. The van der Waals surface area contributed by atoms with Crippen molar-refractivity contribution in [1.29, 1.82) is 0 Å². The second-order valence-corrected chi connectivity index (χ2v) is 6.43. The number of aliphatic carboxylic acids is 1. The predicted molar refractivity (Wildman–Crippen MR) is 100 cm³/mol. The highest BCUT2D eigenvalue weighted by atomic mass is 16.5. The Bertz CT molecular complexity index is 865. The van der Waals surface area contributed by atoms with Crippen molar-refractivity contribution in [3.63, 3.8) is 0 Å². The van der Waals surface area contributed by atoms with Crippen LogP contribution in [0.1, 0.15) is 21.5 Å². The van der Waals surface area contributed by atoms with Crippen LogP contribution in [0.3, 0.4) is 0 Å². The van der Waals surface area contributed by atoms with Crippen LogP contribution in [0.4, 0.5) is 0 Å². The van der Waals surface area contributed by atoms with Gasteiger partial charge in [0.05, 0.1) is 7.11 Å². The number of carboxylic acids is 1. The van der Waals surface area contributed by atoms with E-state index in [1.807, 2.05) is 24.3 Å². The molecule has 1 aliphatic rings. The maximum absolute atomic E-state index is 12.8. The third kappa shape index (κ3) is 3.65. The standard InChI is InChI=1S/C21H21NO5/c1-3-10-27-17-9-8-14(11-18(17)26-2)19(23)22-21(20(24)25)12-15-6-4-5-7-16(15)13-21/h3-9,11H,1,10,12-13H2,2H3,(H,22,23)(H,24,25). The number of benzene rings is 2. The Kier molecular flexibility index (Phi) is 5.16. The van der Waals surface area contributed by atoms with E-state index < -0.39 is 17.4 Å². The van der Waals surface area contributed by atoms with Crippen molar-refractivity contribution < 1.29 is 24.2 Å². The summed E-state index contributed by atoms with van der Waals surface area (Å²) in [7, 11) is 1.48. The first-order valence-corrected chi connectivity index (χ1v) is 8.53. The van der Waals surface area contributed by atoms with Gasteiger partial charge in [0.15, 0.2) is 11.5 Å². The number of hydrogen-bond acceptors (Lipinski definition) is 4. The second-order valence-electron chi connectivity index (χ2n) is 6.43. The van der Waals surface area contributed by atoms with Crippen molar-refractivity contribution in [2.45, 2.75) is 18.4 Å². The molecule has 0 radical (unpaired) electrons. The summed E-state index contributed by atoms with van der Waals surface area (Å²) in [5.74, 6) is -0.650. The van der Waals surface area contributed by atoms with Crippen LogP contribution in [-0.2, 0) is 17.6 Å². The van der Waals surface area contributed by atoms with E-state index in [4.69, 9.17) is 9.47 Å². The van der Waals surface area contributed by atoms with E-state index in [2.05, 4.69) is 11.9 Å². The molecule has 0 spiro atoms. The molecule has 0 aromatic heterocycles. The summed E-state index contributed by atoms with van der Waals surface area (Å²) in [6.45, 7) is 3.90. The van der Waals surface area contributed by atoms with Crippen LogP contribution in [0, 0.1) is 0 Å². The van der Waals surface area contributed by atoms with Gasteiger partial charge in [0, 0.05) is 18.4 Å². The average molecular weight is 367 g/mol. The Labute approximate surface area is 157 Å². The van der Waals surface area contributed by atoms with Crippen molar-refractivity contribution >= 4 is 11.9 Å². The Hall–Kier alpha value is -3.28. The fourth-order valence-corrected chi connectivity index (χ4v) is 3.27. The molecule has 0 fully saturated rings. The molecule has 2 aromatic rings. The number of methoxy groups -OCH3 is 1. The molecule has 3 rings (SSSR count). The lowest BCUT2D eigenvalue weighted by atomic mass is 9.95. The average Bonchev–Trinajstić information content (AvgIpc) is 3.05. The lowest BCUT2D eigenvalue weighted by Crippen LogP contribution is -2.55. The summed E-state index contributed by atoms with van der Waals surface area (Å²) in [6, 6.07) is 12.2. The zero-order valence-electron chi connectivity index (χ0n) is 15.0. The van der Waals surface area contributed by atoms with Crippen molar-refractivity contribution in [2.24, 2.45) is 0 Å². The van der Waals surface area contributed by atoms with Crippen LogP contribution >= 0.6 is 0 Å². The molecule has 0 atom stereocenters. The van der Waals surface area contributed by atoms with Crippen LogP contribution in [-0.4, -0.2) is 36.2 Å². The van der Waals surface area contributed by atoms with Gasteiger partial charge < -0.3 is 19.9 Å². The lowest BCUT2D eigenvalue weighted by molar-refractivity contribution is -0.144. The topological polar surface area (TPSA) is 84.9 Å². The van der Waals surface area contributed by atoms with Gasteiger partial charge in [-0.3, -0.25) is 4.79 Å². The second kappa shape index (κ2) is 7.53. The third-order valence-electron chi connectivity index (χ3n) is 4.65. The lowest BCUT2D eigenvalue weighted by Gasteiger charge is -2.25. The Morgan fingerprint density at radius 2 is 1.85 bits per heavy atom. The molecule has 0 unspecified atom stereocenters. The van der Waals surface area contributed by atoms with Gasteiger partial charge in [0.1, 0.15) is 12.1 Å². The number of ether oxygens (including phenoxy) is 2. The smallest absolute Gasteiger partial charge is 0.330 e. The van der Waals surface area contributed by atoms with Crippen molar-refractivity contribution in [3.05, 3.63) is 71.8 Å². The Morgan fingerprint density at radius 1 is 1.19 bits per heavy atom. The number of hydrogen-bond donors (Lipinski definition) is 2. The normalized spacial score (nSPS) is 14.1. The summed E-state index contributed by atoms with van der Waals surface area (Å²) < 4.78 is 10.7. The number of amides is 1. The number of fused-ring (bicyclic) bond motifs is 1. The first kappa shape index (κ1) is 18.5. The van der Waals surface area contributed by atoms with Gasteiger partial charge in [0.2, 0.25) is 0 Å². The zero-order chi connectivity index (χ0) is 19.4. The van der Waals surface area contributed by atoms with Crippen molar-refractivity contribution in [1.82, 2.24) is 5.32 Å². The SMILES string of the molecule is C=CCOc1ccc(C(=O)NC2(C(=O)O)Cc3ccccc3C2)cc1OC. The Morgan fingerprint density at radius 3 is 2.41 bits per heavy atom. The third-order valence-corrected chi connectivity index (χ3v) is 4.65. The van der Waals surface area contributed by atoms with Gasteiger partial charge in [-0.05, 0) is 29.3 Å². The van der Waals surface area contributed by atoms with Crippen molar-refractivity contribution in [3.8, 4) is 11.5 Å². The van der Waals surface area contributed by atoms with E-state index in [-0.39, 0.29) is 12.8 Å². The van der Waals surface area contributed by atoms with Crippen molar-refractivity contribution in [2.75, 3.05) is 13.7 Å². The van der Waals surface area contributed by atoms with E-state index in [1.54, 1.807) is 18.2 Å². The molecule has 6 heteroatoms. The highest BCUT2D eigenvalue weighted by Gasteiger charge is 2.45. The fourth-order valence-electron chi connectivity index (χ4n) is 3.27. The quantitative estimate of drug-likeness (QED) is 0.735. The van der Waals surface area contributed by atoms with Gasteiger partial charge >= 0.3 is 5.97 Å². The molecular weight excluding hydrogens is 346 g/mol. The van der Waals surface area contributed by atoms with E-state index in [1.165, 1.54) is 13.2 Å². The van der Waals surface area contributed by atoms with Crippen LogP contribution < -0.4 is 14.8 Å². The number of rotatable bonds is 7. The molecule has 140 valence electrons. The van der Waals surface area contributed by atoms with Gasteiger partial charge in [0.25, 0.3) is 5.91 Å². The van der Waals surface area contributed by atoms with Crippen LogP contribution in [0.2, 0.25) is 0 Å². The fraction of sp³-hybridized carbons (Fsp3) is 0.238. The molecule has 0 bridgehead atoms. The molecule has 0 heterocycles. The molecule has 6 nitrogen and oxygen atoms in total. The van der Waals surface area contributed by atoms with Gasteiger partial charge in [-0.2, -0.15) is 0 Å². The summed E-state index contributed by atoms with van der Waals surface area (Å²) in [4.78, 5) is 24.8. The molecule has 27 heavy (non-hydrogen) atoms. The number of nitrogens with one attached hydrogen (secondary N) is 1. The summed E-state index contributed by atoms with van der Waals surface area (Å²) in [6.07, 6.45) is 2.11. The first-order valence-electron chi connectivity index (χ1n) is 8.53. The molecular formula is C21H21NO5. The van der Waals surface area contributed by atoms with E-state index >= 15 is 0 Å². The monoisotopic (exact) mass is 367 g/mol. The number of carbonyl (C=O) groups is 2. The minimum atomic E-state index is -1.36. The zero-order valence-corrected chi connectivity index (χ0v) is 15.0. The maximum atomic E-state index is 12.8. The first-order chi connectivity index (χ1) is 13.0. The highest BCUT2D eigenvalue weighted by Crippen LogP contribution is 2.32. The van der Waals surface area contributed by atoms with Gasteiger partial charge in [-0.15, -0.1) is 0 Å². The molecule has 1 aliphatic carbocycles. The number of carbonyl (C=O) groups excluding carboxylic acids is 1. The van der Waals surface area contributed by atoms with Crippen LogP contribution in [0.15, 0.2) is 55.1 Å². The maximum Gasteiger partial charge on any atom is 0.330 e. The summed E-state index contributed by atoms with van der Waals surface area (Å²) in [5, 5.41) is 12.5. The minimum absolute atomic E-state index is 0.252. The van der Waals surface area contributed by atoms with E-state index in [9.17, 15) is 14.7 Å². The van der Waals surface area contributed by atoms with Gasteiger partial charge in [-0.1, -0.05) is 36.9 Å². The van der Waals surface area contributed by atoms with E-state index in [0.29, 0.717) is 23.7 Å². The molecule has 0 aliphatic heterocycles. The molecule has 2 N–H and O–H groups in total. The highest BCUT2D eigenvalue weighted by molar-refractivity contribution is 5.99. The van der Waals surface area contributed by atoms with Crippen LogP contribution in [0.25, 0.3) is 0 Å². The van der Waals surface area contributed by atoms with E-state index in [0.717, 1.165) is 11.1 Å². The molecule has 0 saturated carbocycles. The largest absolute Gasteiger partial charge is 0.493 e. The van der Waals surface area contributed by atoms with Crippen LogP contribution in [0.5, 0.6) is 11.5 Å². The molecule has 1 amide bonds. The summed E-state index contributed by atoms with van der Waals surface area (Å²) in [5.41, 5.74) is 0.817. The minimum Gasteiger partial charge on any atom is -0.493 e. The Balaban J connectivity index is 1.83. The molecule has 0 saturated heterocycles.